The molecule has 9 heavy (non-hydrogen) atoms. The Balaban J connectivity index is 2.49. The fraction of sp³-hybridized carbons (Fsp3) is 0.833. The highest BCUT2D eigenvalue weighted by Gasteiger charge is 2.22. The summed E-state index contributed by atoms with van der Waals surface area (Å²) in [4.78, 5) is 2.86. The van der Waals surface area contributed by atoms with E-state index in [1.165, 1.54) is 6.42 Å². The maximum Gasteiger partial charge on any atom is 0.0901 e. The van der Waals surface area contributed by atoms with E-state index in [9.17, 15) is 0 Å². The fourth-order valence-electron chi connectivity index (χ4n) is 1.27. The number of likely N-dealkylation sites (N-methyl/N-ethyl adjacent to an activating group) is 1. The van der Waals surface area contributed by atoms with Gasteiger partial charge in [-0.25, -0.2) is 0 Å². The van der Waals surface area contributed by atoms with E-state index in [-0.39, 0.29) is 0 Å². The Morgan fingerprint density at radius 1 is 1.78 bits per heavy atom. The summed E-state index contributed by atoms with van der Waals surface area (Å²) in [5.41, 5.74) is 5.48. The van der Waals surface area contributed by atoms with Gasteiger partial charge in [0.2, 0.25) is 0 Å². The summed E-state index contributed by atoms with van der Waals surface area (Å²) in [6.07, 6.45) is 2.38. The van der Waals surface area contributed by atoms with Crippen LogP contribution in [-0.4, -0.2) is 29.5 Å². The molecule has 1 heterocycles. The Hall–Kier alpha value is -0.150. The van der Waals surface area contributed by atoms with Gasteiger partial charge in [0.1, 0.15) is 0 Å². The smallest absolute Gasteiger partial charge is 0.0901 e. The van der Waals surface area contributed by atoms with Crippen molar-refractivity contribution in [3.8, 4) is 0 Å². The Bertz CT molecular complexity index is 124. The summed E-state index contributed by atoms with van der Waals surface area (Å²) < 4.78 is 0. The Morgan fingerprint density at radius 3 is 2.67 bits per heavy atom. The van der Waals surface area contributed by atoms with E-state index >= 15 is 0 Å². The molecule has 0 aromatic carbocycles. The predicted molar refractivity (Wildman–Crippen MR) is 42.4 cm³/mol. The second-order valence-electron chi connectivity index (χ2n) is 2.54. The predicted octanol–water partition coefficient (Wildman–Crippen LogP) is 0.367. The fourth-order valence-corrected chi connectivity index (χ4v) is 1.57. The Kier molecular flexibility index (Phi) is 2.03. The summed E-state index contributed by atoms with van der Waals surface area (Å²) in [6.45, 7) is 1.14. The summed E-state index contributed by atoms with van der Waals surface area (Å²) in [7, 11) is 2.07. The molecule has 52 valence electrons. The minimum Gasteiger partial charge on any atom is -0.392 e. The second kappa shape index (κ2) is 2.62. The van der Waals surface area contributed by atoms with Crippen molar-refractivity contribution in [2.75, 3.05) is 13.6 Å². The van der Waals surface area contributed by atoms with Crippen molar-refractivity contribution in [1.29, 1.82) is 0 Å². The molecule has 0 saturated carbocycles. The zero-order valence-corrected chi connectivity index (χ0v) is 6.45. The van der Waals surface area contributed by atoms with Crippen molar-refractivity contribution < 1.29 is 0 Å². The lowest BCUT2D eigenvalue weighted by molar-refractivity contribution is 0.374. The van der Waals surface area contributed by atoms with Gasteiger partial charge in [0, 0.05) is 0 Å². The molecule has 1 saturated heterocycles. The van der Waals surface area contributed by atoms with Crippen LogP contribution >= 0.6 is 12.2 Å². The van der Waals surface area contributed by atoms with E-state index < -0.39 is 0 Å². The lowest BCUT2D eigenvalue weighted by Gasteiger charge is -2.16. The van der Waals surface area contributed by atoms with Crippen LogP contribution in [0, 0.1) is 0 Å². The Labute approximate surface area is 61.0 Å². The maximum atomic E-state index is 5.48. The van der Waals surface area contributed by atoms with Crippen LogP contribution in [0.25, 0.3) is 0 Å². The molecule has 0 aromatic heterocycles. The molecule has 3 heteroatoms. The topological polar surface area (TPSA) is 29.3 Å². The number of hydrogen-bond donors (Lipinski definition) is 1. The normalized spacial score (nSPS) is 28.8. The van der Waals surface area contributed by atoms with Gasteiger partial charge in [0.05, 0.1) is 11.0 Å². The summed E-state index contributed by atoms with van der Waals surface area (Å²) in [5.74, 6) is 0. The number of likely N-dealkylation sites (tertiary alicyclic amines) is 1. The largest absolute Gasteiger partial charge is 0.392 e. The SMILES string of the molecule is CN1CCCC1C(N)=S. The van der Waals surface area contributed by atoms with Crippen LogP contribution in [0.2, 0.25) is 0 Å². The van der Waals surface area contributed by atoms with Gasteiger partial charge >= 0.3 is 0 Å². The molecular formula is C6H12N2S. The van der Waals surface area contributed by atoms with Gasteiger partial charge in [0.15, 0.2) is 0 Å². The minimum absolute atomic E-state index is 0.375. The number of nitrogens with zero attached hydrogens (tertiary/aromatic N) is 1. The van der Waals surface area contributed by atoms with Crippen molar-refractivity contribution in [2.45, 2.75) is 18.9 Å². The standard InChI is InChI=1S/C6H12N2S/c1-8-4-2-3-5(8)6(7)9/h5H,2-4H2,1H3,(H2,7,9). The first-order chi connectivity index (χ1) is 4.22. The van der Waals surface area contributed by atoms with Gasteiger partial charge < -0.3 is 5.73 Å². The highest BCUT2D eigenvalue weighted by molar-refractivity contribution is 7.80. The molecule has 1 rings (SSSR count). The van der Waals surface area contributed by atoms with Crippen LogP contribution in [-0.2, 0) is 0 Å². The van der Waals surface area contributed by atoms with Crippen LogP contribution in [0.5, 0.6) is 0 Å². The second-order valence-corrected chi connectivity index (χ2v) is 3.01. The third-order valence-corrected chi connectivity index (χ3v) is 2.12. The van der Waals surface area contributed by atoms with Gasteiger partial charge in [-0.15, -0.1) is 0 Å². The van der Waals surface area contributed by atoms with Crippen LogP contribution in [0.15, 0.2) is 0 Å². The molecule has 1 atom stereocenters. The zero-order valence-electron chi connectivity index (χ0n) is 5.63. The first kappa shape index (κ1) is 6.96. The molecule has 0 radical (unpaired) electrons. The van der Waals surface area contributed by atoms with E-state index in [4.69, 9.17) is 18.0 Å². The molecule has 1 fully saturated rings. The van der Waals surface area contributed by atoms with E-state index in [2.05, 4.69) is 11.9 Å². The van der Waals surface area contributed by atoms with Crippen LogP contribution in [0.3, 0.4) is 0 Å². The third kappa shape index (κ3) is 1.40. The molecule has 2 nitrogen and oxygen atoms in total. The van der Waals surface area contributed by atoms with Crippen LogP contribution in [0.4, 0.5) is 0 Å². The molecule has 1 aliphatic heterocycles. The van der Waals surface area contributed by atoms with E-state index in [1.807, 2.05) is 0 Å². The van der Waals surface area contributed by atoms with Crippen LogP contribution < -0.4 is 5.73 Å². The van der Waals surface area contributed by atoms with Gasteiger partial charge in [-0.05, 0) is 26.4 Å². The van der Waals surface area contributed by atoms with Crippen molar-refractivity contribution >= 4 is 17.2 Å². The van der Waals surface area contributed by atoms with E-state index in [0.717, 1.165) is 13.0 Å². The molecule has 0 aromatic rings. The van der Waals surface area contributed by atoms with Crippen molar-refractivity contribution in [3.05, 3.63) is 0 Å². The minimum atomic E-state index is 0.375. The van der Waals surface area contributed by atoms with Crippen molar-refractivity contribution in [1.82, 2.24) is 4.90 Å². The summed E-state index contributed by atoms with van der Waals surface area (Å²) in [5, 5.41) is 0. The number of hydrogen-bond acceptors (Lipinski definition) is 2. The van der Waals surface area contributed by atoms with Crippen molar-refractivity contribution in [2.24, 2.45) is 5.73 Å². The summed E-state index contributed by atoms with van der Waals surface area (Å²) >= 11 is 4.87. The van der Waals surface area contributed by atoms with Gasteiger partial charge in [0.25, 0.3) is 0 Å². The molecule has 2 N–H and O–H groups in total. The summed E-state index contributed by atoms with van der Waals surface area (Å²) in [6, 6.07) is 0.375. The lowest BCUT2D eigenvalue weighted by Crippen LogP contribution is -2.36. The average molecular weight is 144 g/mol. The van der Waals surface area contributed by atoms with Gasteiger partial charge in [-0.2, -0.15) is 0 Å². The number of thiocarbonyl (C=S) groups is 1. The Morgan fingerprint density at radius 2 is 2.44 bits per heavy atom. The van der Waals surface area contributed by atoms with Crippen LogP contribution in [0.1, 0.15) is 12.8 Å². The molecule has 1 unspecified atom stereocenters. The molecule has 0 bridgehead atoms. The third-order valence-electron chi connectivity index (χ3n) is 1.85. The van der Waals surface area contributed by atoms with Gasteiger partial charge in [-0.3, -0.25) is 4.90 Å². The van der Waals surface area contributed by atoms with E-state index in [0.29, 0.717) is 11.0 Å². The first-order valence-corrected chi connectivity index (χ1v) is 3.62. The lowest BCUT2D eigenvalue weighted by atomic mass is 10.2. The van der Waals surface area contributed by atoms with E-state index in [1.54, 1.807) is 0 Å². The maximum absolute atomic E-state index is 5.48. The average Bonchev–Trinajstić information content (AvgIpc) is 2.13. The van der Waals surface area contributed by atoms with Gasteiger partial charge in [-0.1, -0.05) is 12.2 Å². The molecule has 1 aliphatic rings. The first-order valence-electron chi connectivity index (χ1n) is 3.21. The molecular weight excluding hydrogens is 132 g/mol. The monoisotopic (exact) mass is 144 g/mol. The quantitative estimate of drug-likeness (QED) is 0.539. The number of rotatable bonds is 1. The number of nitrogens with two attached hydrogens (primary N) is 1. The zero-order chi connectivity index (χ0) is 6.85. The molecule has 0 amide bonds. The molecule has 0 spiro atoms. The highest BCUT2D eigenvalue weighted by atomic mass is 32.1. The molecule has 0 aliphatic carbocycles. The highest BCUT2D eigenvalue weighted by Crippen LogP contribution is 2.14. The van der Waals surface area contributed by atoms with Crippen molar-refractivity contribution in [3.63, 3.8) is 0 Å².